The first-order chi connectivity index (χ1) is 7.13. The van der Waals surface area contributed by atoms with E-state index < -0.39 is 0 Å². The summed E-state index contributed by atoms with van der Waals surface area (Å²) in [5, 5.41) is 12.1. The smallest absolute Gasteiger partial charge is 0.226 e. The third-order valence-electron chi connectivity index (χ3n) is 2.03. The van der Waals surface area contributed by atoms with Gasteiger partial charge in [0.05, 0.1) is 13.0 Å². The van der Waals surface area contributed by atoms with E-state index in [9.17, 15) is 9.90 Å². The average molecular weight is 209 g/mol. The van der Waals surface area contributed by atoms with Crippen molar-refractivity contribution in [3.63, 3.8) is 0 Å². The molecule has 0 aliphatic rings. The topological polar surface area (TPSA) is 58.6 Å². The van der Waals surface area contributed by atoms with Gasteiger partial charge in [-0.15, -0.1) is 0 Å². The fourth-order valence-electron chi connectivity index (χ4n) is 1.11. The van der Waals surface area contributed by atoms with Gasteiger partial charge in [0.25, 0.3) is 0 Å². The summed E-state index contributed by atoms with van der Waals surface area (Å²) in [7, 11) is 1.55. The second-order valence-corrected chi connectivity index (χ2v) is 3.29. The molecule has 0 saturated heterocycles. The number of methoxy groups -OCH3 is 1. The van der Waals surface area contributed by atoms with Crippen LogP contribution in [-0.2, 0) is 9.53 Å². The molecule has 0 spiro atoms. The van der Waals surface area contributed by atoms with Crippen LogP contribution < -0.4 is 5.32 Å². The predicted molar refractivity (Wildman–Crippen MR) is 58.0 cm³/mol. The van der Waals surface area contributed by atoms with Gasteiger partial charge in [-0.1, -0.05) is 6.07 Å². The Balaban J connectivity index is 2.57. The second-order valence-electron chi connectivity index (χ2n) is 3.29. The van der Waals surface area contributed by atoms with Gasteiger partial charge in [-0.25, -0.2) is 0 Å². The SMILES string of the molecule is COCCC(=O)Nc1ccc(C)c(O)c1. The van der Waals surface area contributed by atoms with Crippen molar-refractivity contribution in [2.75, 3.05) is 19.0 Å². The highest BCUT2D eigenvalue weighted by Gasteiger charge is 2.03. The quantitative estimate of drug-likeness (QED) is 0.793. The maximum absolute atomic E-state index is 11.3. The number of benzene rings is 1. The molecule has 0 aromatic heterocycles. The third-order valence-corrected chi connectivity index (χ3v) is 2.03. The van der Waals surface area contributed by atoms with E-state index in [1.54, 1.807) is 26.2 Å². The summed E-state index contributed by atoms with van der Waals surface area (Å²) >= 11 is 0. The minimum Gasteiger partial charge on any atom is -0.508 e. The number of phenols is 1. The number of amides is 1. The van der Waals surface area contributed by atoms with Gasteiger partial charge >= 0.3 is 0 Å². The molecule has 0 aliphatic carbocycles. The van der Waals surface area contributed by atoms with Crippen molar-refractivity contribution < 1.29 is 14.6 Å². The second kappa shape index (κ2) is 5.36. The van der Waals surface area contributed by atoms with E-state index >= 15 is 0 Å². The van der Waals surface area contributed by atoms with E-state index in [0.717, 1.165) is 5.56 Å². The lowest BCUT2D eigenvalue weighted by atomic mass is 10.2. The van der Waals surface area contributed by atoms with E-state index in [4.69, 9.17) is 4.74 Å². The van der Waals surface area contributed by atoms with E-state index in [1.807, 2.05) is 0 Å². The van der Waals surface area contributed by atoms with Gasteiger partial charge in [0.2, 0.25) is 5.91 Å². The van der Waals surface area contributed by atoms with Crippen LogP contribution in [0.5, 0.6) is 5.75 Å². The molecule has 4 heteroatoms. The fourth-order valence-corrected chi connectivity index (χ4v) is 1.11. The first kappa shape index (κ1) is 11.5. The Bertz CT molecular complexity index is 350. The molecule has 1 aromatic carbocycles. The van der Waals surface area contributed by atoms with Gasteiger partial charge in [-0.3, -0.25) is 4.79 Å². The normalized spacial score (nSPS) is 10.0. The largest absolute Gasteiger partial charge is 0.508 e. The molecule has 0 fully saturated rings. The lowest BCUT2D eigenvalue weighted by Gasteiger charge is -2.06. The number of anilines is 1. The number of carbonyl (C=O) groups excluding carboxylic acids is 1. The number of aromatic hydroxyl groups is 1. The van der Waals surface area contributed by atoms with Crippen LogP contribution in [0.4, 0.5) is 5.69 Å². The van der Waals surface area contributed by atoms with Gasteiger partial charge < -0.3 is 15.2 Å². The number of ether oxygens (including phenoxy) is 1. The number of nitrogens with one attached hydrogen (secondary N) is 1. The number of aryl methyl sites for hydroxylation is 1. The Morgan fingerprint density at radius 3 is 2.87 bits per heavy atom. The Morgan fingerprint density at radius 2 is 2.27 bits per heavy atom. The number of hydrogen-bond donors (Lipinski definition) is 2. The molecule has 15 heavy (non-hydrogen) atoms. The first-order valence-electron chi connectivity index (χ1n) is 4.72. The van der Waals surface area contributed by atoms with E-state index in [1.165, 1.54) is 6.07 Å². The Morgan fingerprint density at radius 1 is 1.53 bits per heavy atom. The van der Waals surface area contributed by atoms with Gasteiger partial charge in [-0.05, 0) is 18.6 Å². The van der Waals surface area contributed by atoms with Crippen LogP contribution in [0.3, 0.4) is 0 Å². The molecule has 1 aromatic rings. The summed E-state index contributed by atoms with van der Waals surface area (Å²) in [5.41, 5.74) is 1.38. The molecule has 0 unspecified atom stereocenters. The van der Waals surface area contributed by atoms with Crippen molar-refractivity contribution in [2.45, 2.75) is 13.3 Å². The molecule has 0 radical (unpaired) electrons. The summed E-state index contributed by atoms with van der Waals surface area (Å²) in [6, 6.07) is 5.03. The summed E-state index contributed by atoms with van der Waals surface area (Å²) in [6.45, 7) is 2.19. The zero-order chi connectivity index (χ0) is 11.3. The number of phenolic OH excluding ortho intramolecular Hbond substituents is 1. The van der Waals surface area contributed by atoms with Crippen LogP contribution in [0.2, 0.25) is 0 Å². The molecule has 4 nitrogen and oxygen atoms in total. The van der Waals surface area contributed by atoms with Crippen LogP contribution in [0.1, 0.15) is 12.0 Å². The van der Waals surface area contributed by atoms with Crippen molar-refractivity contribution in [2.24, 2.45) is 0 Å². The van der Waals surface area contributed by atoms with Crippen molar-refractivity contribution in [1.82, 2.24) is 0 Å². The molecule has 0 aliphatic heterocycles. The standard InChI is InChI=1S/C11H15NO3/c1-8-3-4-9(7-10(8)13)12-11(14)5-6-15-2/h3-4,7,13H,5-6H2,1-2H3,(H,12,14). The molecule has 82 valence electrons. The predicted octanol–water partition coefficient (Wildman–Crippen LogP) is 1.68. The highest BCUT2D eigenvalue weighted by Crippen LogP contribution is 2.20. The maximum atomic E-state index is 11.3. The molecular formula is C11H15NO3. The lowest BCUT2D eigenvalue weighted by molar-refractivity contribution is -0.117. The molecule has 2 N–H and O–H groups in total. The summed E-state index contributed by atoms with van der Waals surface area (Å²) < 4.78 is 4.78. The van der Waals surface area contributed by atoms with Crippen LogP contribution in [0.25, 0.3) is 0 Å². The highest BCUT2D eigenvalue weighted by atomic mass is 16.5. The molecule has 0 saturated carbocycles. The molecule has 0 bridgehead atoms. The van der Waals surface area contributed by atoms with Crippen LogP contribution in [-0.4, -0.2) is 24.7 Å². The lowest BCUT2D eigenvalue weighted by Crippen LogP contribution is -2.13. The van der Waals surface area contributed by atoms with Crippen molar-refractivity contribution >= 4 is 11.6 Å². The summed E-state index contributed by atoms with van der Waals surface area (Å²) in [6.07, 6.45) is 0.311. The van der Waals surface area contributed by atoms with Gasteiger partial charge in [0.15, 0.2) is 0 Å². The molecule has 1 amide bonds. The minimum absolute atomic E-state index is 0.125. The van der Waals surface area contributed by atoms with Crippen LogP contribution in [0.15, 0.2) is 18.2 Å². The monoisotopic (exact) mass is 209 g/mol. The van der Waals surface area contributed by atoms with Gasteiger partial charge in [0, 0.05) is 18.9 Å². The van der Waals surface area contributed by atoms with Crippen molar-refractivity contribution in [3.05, 3.63) is 23.8 Å². The highest BCUT2D eigenvalue weighted by molar-refractivity contribution is 5.91. The Labute approximate surface area is 88.9 Å². The third kappa shape index (κ3) is 3.59. The fraction of sp³-hybridized carbons (Fsp3) is 0.364. The van der Waals surface area contributed by atoms with E-state index in [2.05, 4.69) is 5.32 Å². The molecule has 0 atom stereocenters. The first-order valence-corrected chi connectivity index (χ1v) is 4.72. The van der Waals surface area contributed by atoms with E-state index in [0.29, 0.717) is 18.7 Å². The minimum atomic E-state index is -0.125. The van der Waals surface area contributed by atoms with Crippen LogP contribution in [0, 0.1) is 6.92 Å². The summed E-state index contributed by atoms with van der Waals surface area (Å²) in [4.78, 5) is 11.3. The zero-order valence-electron chi connectivity index (χ0n) is 8.91. The molecular weight excluding hydrogens is 194 g/mol. The van der Waals surface area contributed by atoms with Crippen molar-refractivity contribution in [3.8, 4) is 5.75 Å². The van der Waals surface area contributed by atoms with Gasteiger partial charge in [0.1, 0.15) is 5.75 Å². The number of hydrogen-bond acceptors (Lipinski definition) is 3. The summed E-state index contributed by atoms with van der Waals surface area (Å²) in [5.74, 6) is 0.0552. The Kier molecular flexibility index (Phi) is 4.12. The van der Waals surface area contributed by atoms with E-state index in [-0.39, 0.29) is 11.7 Å². The van der Waals surface area contributed by atoms with Gasteiger partial charge in [-0.2, -0.15) is 0 Å². The zero-order valence-corrected chi connectivity index (χ0v) is 8.91. The number of rotatable bonds is 4. The van der Waals surface area contributed by atoms with Crippen molar-refractivity contribution in [1.29, 1.82) is 0 Å². The molecule has 1 rings (SSSR count). The molecule has 0 heterocycles. The Hall–Kier alpha value is -1.55. The maximum Gasteiger partial charge on any atom is 0.226 e. The number of carbonyl (C=O) groups is 1. The van der Waals surface area contributed by atoms with Crippen LogP contribution >= 0.6 is 0 Å². The average Bonchev–Trinajstić information content (AvgIpc) is 2.20.